The minimum atomic E-state index is -0.581. The molecule has 0 atom stereocenters. The molecule has 0 unspecified atom stereocenters. The molecular weight excluding hydrogens is 370 g/mol. The molecule has 0 heterocycles. The van der Waals surface area contributed by atoms with Crippen LogP contribution in [0.15, 0.2) is 53.5 Å². The Morgan fingerprint density at radius 1 is 1.00 bits per heavy atom. The monoisotopic (exact) mass is 397 g/mol. The summed E-state index contributed by atoms with van der Waals surface area (Å²) in [5.41, 5.74) is 7.65. The third-order valence-corrected chi connectivity index (χ3v) is 4.01. The number of hydrogen-bond acceptors (Lipinski definition) is 4. The number of benzene rings is 2. The lowest BCUT2D eigenvalue weighted by atomic mass is 10.1. The number of amides is 2. The number of nitrogens with two attached hydrogens (primary N) is 1. The average molecular weight is 397 g/mol. The molecule has 0 spiro atoms. The smallest absolute Gasteiger partial charge is 0.251 e. The van der Waals surface area contributed by atoms with Gasteiger partial charge in [-0.2, -0.15) is 0 Å². The first-order chi connectivity index (χ1) is 14.0. The lowest BCUT2D eigenvalue weighted by Crippen LogP contribution is -2.38. The number of ether oxygens (including phenoxy) is 1. The fourth-order valence-corrected chi connectivity index (χ4v) is 2.42. The van der Waals surface area contributed by atoms with Crippen LogP contribution in [0.5, 0.6) is 5.75 Å². The van der Waals surface area contributed by atoms with Crippen molar-refractivity contribution in [1.82, 2.24) is 16.0 Å². The molecule has 29 heavy (non-hydrogen) atoms. The van der Waals surface area contributed by atoms with Gasteiger partial charge in [0.2, 0.25) is 5.91 Å². The maximum atomic E-state index is 11.9. The summed E-state index contributed by atoms with van der Waals surface area (Å²) in [6, 6.07) is 15.0. The van der Waals surface area contributed by atoms with Crippen molar-refractivity contribution in [1.29, 1.82) is 0 Å². The summed E-state index contributed by atoms with van der Waals surface area (Å²) in [6.07, 6.45) is 0. The molecule has 2 aromatic rings. The normalized spacial score (nSPS) is 10.9. The van der Waals surface area contributed by atoms with Crippen LogP contribution in [-0.4, -0.2) is 44.5 Å². The molecule has 0 aliphatic rings. The van der Waals surface area contributed by atoms with E-state index in [4.69, 9.17) is 10.5 Å². The molecule has 2 rings (SSSR count). The largest absolute Gasteiger partial charge is 0.492 e. The van der Waals surface area contributed by atoms with Gasteiger partial charge in [0, 0.05) is 19.2 Å². The zero-order valence-electron chi connectivity index (χ0n) is 16.7. The first-order valence-electron chi connectivity index (χ1n) is 9.27. The lowest BCUT2D eigenvalue weighted by molar-refractivity contribution is -0.117. The number of nitrogens with one attached hydrogen (secondary N) is 3. The summed E-state index contributed by atoms with van der Waals surface area (Å²) in [6.45, 7) is 3.51. The average Bonchev–Trinajstić information content (AvgIpc) is 2.73. The molecule has 2 amide bonds. The van der Waals surface area contributed by atoms with E-state index in [0.29, 0.717) is 31.2 Å². The van der Waals surface area contributed by atoms with Gasteiger partial charge in [-0.3, -0.25) is 14.6 Å². The Kier molecular flexibility index (Phi) is 8.50. The summed E-state index contributed by atoms with van der Waals surface area (Å²) >= 11 is 0. The zero-order chi connectivity index (χ0) is 21.1. The minimum absolute atomic E-state index is 0.183. The molecule has 0 saturated heterocycles. The number of carbonyl (C=O) groups is 2. The van der Waals surface area contributed by atoms with Crippen molar-refractivity contribution in [2.45, 2.75) is 13.5 Å². The summed E-state index contributed by atoms with van der Waals surface area (Å²) < 4.78 is 5.68. The first-order valence-corrected chi connectivity index (χ1v) is 9.27. The minimum Gasteiger partial charge on any atom is -0.492 e. The fourth-order valence-electron chi connectivity index (χ4n) is 2.42. The number of aliphatic imine (C=N–C) groups is 1. The second kappa shape index (κ2) is 11.3. The fraction of sp³-hybridized carbons (Fsp3) is 0.286. The van der Waals surface area contributed by atoms with E-state index >= 15 is 0 Å². The van der Waals surface area contributed by atoms with E-state index in [1.807, 2.05) is 43.3 Å². The van der Waals surface area contributed by atoms with E-state index in [9.17, 15) is 9.59 Å². The number of carbonyl (C=O) groups excluding carboxylic acids is 2. The van der Waals surface area contributed by atoms with Gasteiger partial charge in [0.05, 0.1) is 13.1 Å². The molecule has 5 N–H and O–H groups in total. The van der Waals surface area contributed by atoms with E-state index in [1.165, 1.54) is 5.56 Å². The maximum Gasteiger partial charge on any atom is 0.251 e. The topological polar surface area (TPSA) is 118 Å². The Hall–Kier alpha value is -3.55. The number of hydrogen-bond donors (Lipinski definition) is 4. The number of primary amides is 1. The number of guanidine groups is 1. The van der Waals surface area contributed by atoms with Crippen molar-refractivity contribution < 1.29 is 14.3 Å². The second-order valence-electron chi connectivity index (χ2n) is 6.36. The molecule has 0 aliphatic heterocycles. The summed E-state index contributed by atoms with van der Waals surface area (Å²) in [7, 11) is 1.70. The SMILES string of the molecule is CN=C(NCCOc1ccc(C)cc1)NCc1ccc(C(=O)NCC(N)=O)cc1. The van der Waals surface area contributed by atoms with Crippen LogP contribution in [0, 0.1) is 6.92 Å². The van der Waals surface area contributed by atoms with Crippen molar-refractivity contribution in [2.24, 2.45) is 10.7 Å². The molecule has 0 fully saturated rings. The van der Waals surface area contributed by atoms with Crippen LogP contribution >= 0.6 is 0 Å². The van der Waals surface area contributed by atoms with E-state index in [2.05, 4.69) is 20.9 Å². The zero-order valence-corrected chi connectivity index (χ0v) is 16.7. The van der Waals surface area contributed by atoms with Gasteiger partial charge < -0.3 is 26.4 Å². The highest BCUT2D eigenvalue weighted by Crippen LogP contribution is 2.10. The van der Waals surface area contributed by atoms with Crippen LogP contribution in [-0.2, 0) is 11.3 Å². The van der Waals surface area contributed by atoms with E-state index < -0.39 is 5.91 Å². The predicted molar refractivity (Wildman–Crippen MR) is 113 cm³/mol. The lowest BCUT2D eigenvalue weighted by Gasteiger charge is -2.13. The summed E-state index contributed by atoms with van der Waals surface area (Å²) in [5.74, 6) is 0.567. The molecule has 0 aliphatic carbocycles. The standard InChI is InChI=1S/C21H27N5O3/c1-15-3-9-18(10-4-15)29-12-11-24-21(23-2)26-13-16-5-7-17(8-6-16)20(28)25-14-19(22)27/h3-10H,11-14H2,1-2H3,(H2,22,27)(H,25,28)(H2,23,24,26). The van der Waals surface area contributed by atoms with Crippen LogP contribution in [0.1, 0.15) is 21.5 Å². The van der Waals surface area contributed by atoms with E-state index in [0.717, 1.165) is 11.3 Å². The van der Waals surface area contributed by atoms with Crippen LogP contribution in [0.4, 0.5) is 0 Å². The maximum absolute atomic E-state index is 11.9. The van der Waals surface area contributed by atoms with E-state index in [1.54, 1.807) is 19.2 Å². The van der Waals surface area contributed by atoms with Gasteiger partial charge in [0.1, 0.15) is 12.4 Å². The molecule has 2 aromatic carbocycles. The molecule has 0 aromatic heterocycles. The summed E-state index contributed by atoms with van der Waals surface area (Å²) in [5, 5.41) is 8.84. The van der Waals surface area contributed by atoms with Crippen molar-refractivity contribution >= 4 is 17.8 Å². The van der Waals surface area contributed by atoms with Gasteiger partial charge in [0.15, 0.2) is 5.96 Å². The van der Waals surface area contributed by atoms with Crippen molar-refractivity contribution in [3.8, 4) is 5.75 Å². The van der Waals surface area contributed by atoms with Gasteiger partial charge in [-0.25, -0.2) is 0 Å². The van der Waals surface area contributed by atoms with Gasteiger partial charge in [-0.15, -0.1) is 0 Å². The third kappa shape index (κ3) is 7.92. The highest BCUT2D eigenvalue weighted by atomic mass is 16.5. The molecular formula is C21H27N5O3. The Balaban J connectivity index is 1.72. The molecule has 8 nitrogen and oxygen atoms in total. The van der Waals surface area contributed by atoms with Crippen molar-refractivity contribution in [2.75, 3.05) is 26.7 Å². The van der Waals surface area contributed by atoms with Crippen molar-refractivity contribution in [3.05, 3.63) is 65.2 Å². The molecule has 8 heteroatoms. The molecule has 0 saturated carbocycles. The number of aryl methyl sites for hydroxylation is 1. The predicted octanol–water partition coefficient (Wildman–Crippen LogP) is 0.954. The van der Waals surface area contributed by atoms with Crippen LogP contribution < -0.4 is 26.4 Å². The summed E-state index contributed by atoms with van der Waals surface area (Å²) in [4.78, 5) is 26.8. The van der Waals surface area contributed by atoms with E-state index in [-0.39, 0.29) is 12.5 Å². The van der Waals surface area contributed by atoms with Gasteiger partial charge in [-0.05, 0) is 36.8 Å². The number of nitrogens with zero attached hydrogens (tertiary/aromatic N) is 1. The molecule has 154 valence electrons. The van der Waals surface area contributed by atoms with Gasteiger partial charge in [0.25, 0.3) is 5.91 Å². The van der Waals surface area contributed by atoms with Crippen molar-refractivity contribution in [3.63, 3.8) is 0 Å². The second-order valence-corrected chi connectivity index (χ2v) is 6.36. The highest BCUT2D eigenvalue weighted by molar-refractivity contribution is 5.96. The first kappa shape index (κ1) is 21.7. The Labute approximate surface area is 170 Å². The Morgan fingerprint density at radius 3 is 2.31 bits per heavy atom. The van der Waals surface area contributed by atoms with Gasteiger partial charge in [-0.1, -0.05) is 29.8 Å². The molecule has 0 radical (unpaired) electrons. The third-order valence-electron chi connectivity index (χ3n) is 4.01. The van der Waals surface area contributed by atoms with Crippen LogP contribution in [0.3, 0.4) is 0 Å². The van der Waals surface area contributed by atoms with Crippen LogP contribution in [0.25, 0.3) is 0 Å². The quantitative estimate of drug-likeness (QED) is 0.286. The Morgan fingerprint density at radius 2 is 1.69 bits per heavy atom. The molecule has 0 bridgehead atoms. The highest BCUT2D eigenvalue weighted by Gasteiger charge is 2.06. The Bertz CT molecular complexity index is 832. The van der Waals surface area contributed by atoms with Gasteiger partial charge >= 0.3 is 0 Å². The van der Waals surface area contributed by atoms with Crippen LogP contribution in [0.2, 0.25) is 0 Å². The number of rotatable bonds is 9.